The SMILES string of the molecule is CC(C)OCCCNC(=O)CN1C(=O)NC(Cc2c[nH]c3ccccc23)C1=O. The van der Waals surface area contributed by atoms with Crippen LogP contribution >= 0.6 is 0 Å². The molecule has 1 saturated heterocycles. The molecule has 0 aliphatic carbocycles. The van der Waals surface area contributed by atoms with Crippen LogP contribution in [0, 0.1) is 0 Å². The number of rotatable bonds is 9. The number of nitrogens with one attached hydrogen (secondary N) is 3. The summed E-state index contributed by atoms with van der Waals surface area (Å²) >= 11 is 0. The van der Waals surface area contributed by atoms with E-state index in [2.05, 4.69) is 15.6 Å². The molecule has 1 aliphatic rings. The molecule has 3 rings (SSSR count). The first kappa shape index (κ1) is 19.9. The Bertz CT molecular complexity index is 861. The van der Waals surface area contributed by atoms with Gasteiger partial charge in [0.15, 0.2) is 0 Å². The normalized spacial score (nSPS) is 16.8. The highest BCUT2D eigenvalue weighted by molar-refractivity contribution is 6.06. The molecule has 2 heterocycles. The second kappa shape index (κ2) is 8.88. The number of hydrogen-bond acceptors (Lipinski definition) is 4. The van der Waals surface area contributed by atoms with E-state index >= 15 is 0 Å². The third kappa shape index (κ3) is 4.69. The lowest BCUT2D eigenvalue weighted by molar-refractivity contribution is -0.132. The zero-order valence-corrected chi connectivity index (χ0v) is 16.2. The average molecular weight is 386 g/mol. The summed E-state index contributed by atoms with van der Waals surface area (Å²) in [5.74, 6) is -0.741. The van der Waals surface area contributed by atoms with Crippen LogP contribution < -0.4 is 10.6 Å². The van der Waals surface area contributed by atoms with Crippen molar-refractivity contribution in [2.24, 2.45) is 0 Å². The molecule has 1 aromatic heterocycles. The van der Waals surface area contributed by atoms with Gasteiger partial charge in [0.05, 0.1) is 6.10 Å². The third-order valence-electron chi connectivity index (χ3n) is 4.60. The number of H-pyrrole nitrogens is 1. The van der Waals surface area contributed by atoms with Crippen LogP contribution in [0.2, 0.25) is 0 Å². The van der Waals surface area contributed by atoms with Crippen molar-refractivity contribution in [3.05, 3.63) is 36.0 Å². The topological polar surface area (TPSA) is 104 Å². The maximum absolute atomic E-state index is 12.6. The minimum atomic E-state index is -0.668. The first-order valence-electron chi connectivity index (χ1n) is 9.51. The van der Waals surface area contributed by atoms with Gasteiger partial charge >= 0.3 is 6.03 Å². The molecule has 1 aromatic carbocycles. The molecule has 1 aliphatic heterocycles. The Kier molecular flexibility index (Phi) is 6.30. The number of benzene rings is 1. The summed E-state index contributed by atoms with van der Waals surface area (Å²) in [6.07, 6.45) is 3.04. The van der Waals surface area contributed by atoms with Gasteiger partial charge < -0.3 is 20.4 Å². The highest BCUT2D eigenvalue weighted by Gasteiger charge is 2.39. The second-order valence-electron chi connectivity index (χ2n) is 7.11. The van der Waals surface area contributed by atoms with E-state index in [9.17, 15) is 14.4 Å². The minimum Gasteiger partial charge on any atom is -0.379 e. The lowest BCUT2D eigenvalue weighted by Crippen LogP contribution is -2.41. The summed E-state index contributed by atoms with van der Waals surface area (Å²) in [4.78, 5) is 40.9. The monoisotopic (exact) mass is 386 g/mol. The van der Waals surface area contributed by atoms with Gasteiger partial charge in [0.1, 0.15) is 12.6 Å². The van der Waals surface area contributed by atoms with E-state index in [1.807, 2.05) is 44.3 Å². The van der Waals surface area contributed by atoms with Crippen LogP contribution in [0.4, 0.5) is 4.79 Å². The van der Waals surface area contributed by atoms with E-state index in [4.69, 9.17) is 4.74 Å². The zero-order chi connectivity index (χ0) is 20.1. The highest BCUT2D eigenvalue weighted by Crippen LogP contribution is 2.21. The maximum atomic E-state index is 12.6. The number of ether oxygens (including phenoxy) is 1. The van der Waals surface area contributed by atoms with Crippen molar-refractivity contribution in [3.8, 4) is 0 Å². The van der Waals surface area contributed by atoms with Crippen molar-refractivity contribution < 1.29 is 19.1 Å². The fourth-order valence-electron chi connectivity index (χ4n) is 3.20. The van der Waals surface area contributed by atoms with Crippen LogP contribution in [0.25, 0.3) is 10.9 Å². The Morgan fingerprint density at radius 3 is 2.86 bits per heavy atom. The van der Waals surface area contributed by atoms with Gasteiger partial charge in [0.25, 0.3) is 5.91 Å². The Labute approximate surface area is 163 Å². The number of imide groups is 1. The summed E-state index contributed by atoms with van der Waals surface area (Å²) in [5, 5.41) is 6.40. The van der Waals surface area contributed by atoms with Gasteiger partial charge in [-0.1, -0.05) is 18.2 Å². The molecule has 150 valence electrons. The number of aromatic amines is 1. The van der Waals surface area contributed by atoms with Crippen molar-refractivity contribution in [3.63, 3.8) is 0 Å². The summed E-state index contributed by atoms with van der Waals surface area (Å²) in [6.45, 7) is 4.60. The van der Waals surface area contributed by atoms with Crippen LogP contribution in [0.3, 0.4) is 0 Å². The third-order valence-corrected chi connectivity index (χ3v) is 4.60. The summed E-state index contributed by atoms with van der Waals surface area (Å²) in [5.41, 5.74) is 1.93. The molecule has 8 nitrogen and oxygen atoms in total. The molecule has 8 heteroatoms. The number of carbonyl (C=O) groups excluding carboxylic acids is 3. The van der Waals surface area contributed by atoms with E-state index in [-0.39, 0.29) is 24.5 Å². The van der Waals surface area contributed by atoms with Crippen molar-refractivity contribution >= 4 is 28.7 Å². The Morgan fingerprint density at radius 2 is 2.07 bits per heavy atom. The first-order chi connectivity index (χ1) is 13.5. The number of amides is 4. The molecule has 1 fully saturated rings. The van der Waals surface area contributed by atoms with Crippen LogP contribution in [0.1, 0.15) is 25.8 Å². The molecule has 1 unspecified atom stereocenters. The van der Waals surface area contributed by atoms with E-state index in [1.165, 1.54) is 0 Å². The number of fused-ring (bicyclic) bond motifs is 1. The van der Waals surface area contributed by atoms with E-state index in [0.29, 0.717) is 26.0 Å². The van der Waals surface area contributed by atoms with Gasteiger partial charge in [-0.25, -0.2) is 4.79 Å². The number of carbonyl (C=O) groups is 3. The van der Waals surface area contributed by atoms with Crippen LogP contribution in [-0.2, 0) is 20.7 Å². The number of para-hydroxylation sites is 1. The predicted molar refractivity (Wildman–Crippen MR) is 105 cm³/mol. The summed E-state index contributed by atoms with van der Waals surface area (Å²) < 4.78 is 5.40. The number of hydrogen-bond donors (Lipinski definition) is 3. The Hall–Kier alpha value is -2.87. The van der Waals surface area contributed by atoms with Crippen LogP contribution in [-0.4, -0.2) is 59.6 Å². The lowest BCUT2D eigenvalue weighted by Gasteiger charge is -2.13. The molecule has 4 amide bonds. The van der Waals surface area contributed by atoms with E-state index < -0.39 is 12.1 Å². The quantitative estimate of drug-likeness (QED) is 0.449. The van der Waals surface area contributed by atoms with Gasteiger partial charge in [0, 0.05) is 36.7 Å². The smallest absolute Gasteiger partial charge is 0.325 e. The summed E-state index contributed by atoms with van der Waals surface area (Å²) in [7, 11) is 0. The van der Waals surface area contributed by atoms with Crippen molar-refractivity contribution in [2.45, 2.75) is 38.8 Å². The lowest BCUT2D eigenvalue weighted by atomic mass is 10.1. The van der Waals surface area contributed by atoms with Gasteiger partial charge in [-0.15, -0.1) is 0 Å². The van der Waals surface area contributed by atoms with Gasteiger partial charge in [-0.2, -0.15) is 0 Å². The van der Waals surface area contributed by atoms with Gasteiger partial charge in [-0.05, 0) is 31.9 Å². The van der Waals surface area contributed by atoms with Gasteiger partial charge in [0.2, 0.25) is 5.91 Å². The molecule has 2 aromatic rings. The van der Waals surface area contributed by atoms with Crippen LogP contribution in [0.15, 0.2) is 30.5 Å². The molecule has 28 heavy (non-hydrogen) atoms. The molecular formula is C20H26N4O4. The van der Waals surface area contributed by atoms with Crippen molar-refractivity contribution in [2.75, 3.05) is 19.7 Å². The first-order valence-corrected chi connectivity index (χ1v) is 9.51. The Morgan fingerprint density at radius 1 is 1.29 bits per heavy atom. The number of nitrogens with zero attached hydrogens (tertiary/aromatic N) is 1. The minimum absolute atomic E-state index is 0.149. The van der Waals surface area contributed by atoms with Gasteiger partial charge in [-0.3, -0.25) is 14.5 Å². The fraction of sp³-hybridized carbons (Fsp3) is 0.450. The molecule has 0 spiro atoms. The van der Waals surface area contributed by atoms with Crippen molar-refractivity contribution in [1.29, 1.82) is 0 Å². The largest absolute Gasteiger partial charge is 0.379 e. The van der Waals surface area contributed by atoms with Crippen molar-refractivity contribution in [1.82, 2.24) is 20.5 Å². The molecule has 3 N–H and O–H groups in total. The zero-order valence-electron chi connectivity index (χ0n) is 16.2. The molecule has 1 atom stereocenters. The van der Waals surface area contributed by atoms with E-state index in [0.717, 1.165) is 21.4 Å². The highest BCUT2D eigenvalue weighted by atomic mass is 16.5. The van der Waals surface area contributed by atoms with E-state index in [1.54, 1.807) is 0 Å². The van der Waals surface area contributed by atoms with Crippen LogP contribution in [0.5, 0.6) is 0 Å². The average Bonchev–Trinajstić information content (AvgIpc) is 3.18. The summed E-state index contributed by atoms with van der Waals surface area (Å²) in [6, 6.07) is 6.58. The number of urea groups is 1. The molecule has 0 radical (unpaired) electrons. The number of aromatic nitrogens is 1. The Balaban J connectivity index is 1.51. The predicted octanol–water partition coefficient (Wildman–Crippen LogP) is 1.56. The molecular weight excluding hydrogens is 360 g/mol. The second-order valence-corrected chi connectivity index (χ2v) is 7.11. The standard InChI is InChI=1S/C20H26N4O4/c1-13(2)28-9-5-8-21-18(25)12-24-19(26)17(23-20(24)27)10-14-11-22-16-7-4-3-6-15(14)16/h3-4,6-7,11,13,17,22H,5,8-10,12H2,1-2H3,(H,21,25)(H,23,27). The molecule has 0 bridgehead atoms. The fourth-order valence-corrected chi connectivity index (χ4v) is 3.20. The molecule has 0 saturated carbocycles. The maximum Gasteiger partial charge on any atom is 0.325 e.